The molecule has 0 unspecified atom stereocenters. The van der Waals surface area contributed by atoms with Gasteiger partial charge in [0.1, 0.15) is 4.21 Å². The van der Waals surface area contributed by atoms with Crippen molar-refractivity contribution in [3.05, 3.63) is 17.0 Å². The van der Waals surface area contributed by atoms with Gasteiger partial charge in [-0.25, -0.2) is 13.4 Å². The summed E-state index contributed by atoms with van der Waals surface area (Å²) in [4.78, 5) is 7.78. The average molecular weight is 401 g/mol. The monoisotopic (exact) mass is 400 g/mol. The molecule has 2 heterocycles. The first-order chi connectivity index (χ1) is 12.5. The van der Waals surface area contributed by atoms with Gasteiger partial charge < -0.3 is 10.2 Å². The van der Waals surface area contributed by atoms with Gasteiger partial charge >= 0.3 is 0 Å². The van der Waals surface area contributed by atoms with Crippen molar-refractivity contribution in [2.45, 2.75) is 56.7 Å². The SMILES string of the molecule is CCCCN(C)C(=NCc1ccc(S(=O)(=O)N2CCCCC2)s1)NCC. The van der Waals surface area contributed by atoms with Crippen LogP contribution in [0.25, 0.3) is 0 Å². The summed E-state index contributed by atoms with van der Waals surface area (Å²) in [6.45, 7) is 7.78. The van der Waals surface area contributed by atoms with Crippen molar-refractivity contribution in [1.82, 2.24) is 14.5 Å². The van der Waals surface area contributed by atoms with Gasteiger partial charge in [-0.15, -0.1) is 11.3 Å². The van der Waals surface area contributed by atoms with Crippen LogP contribution in [0, 0.1) is 0 Å². The molecular weight excluding hydrogens is 368 g/mol. The Morgan fingerprint density at radius 1 is 1.27 bits per heavy atom. The van der Waals surface area contributed by atoms with Crippen LogP contribution in [0.4, 0.5) is 0 Å². The number of nitrogens with one attached hydrogen (secondary N) is 1. The number of sulfonamides is 1. The summed E-state index contributed by atoms with van der Waals surface area (Å²) in [5.41, 5.74) is 0. The van der Waals surface area contributed by atoms with E-state index in [-0.39, 0.29) is 0 Å². The number of piperidine rings is 1. The molecule has 26 heavy (non-hydrogen) atoms. The van der Waals surface area contributed by atoms with Crippen LogP contribution in [0.3, 0.4) is 0 Å². The minimum atomic E-state index is -3.34. The number of rotatable bonds is 8. The lowest BCUT2D eigenvalue weighted by Crippen LogP contribution is -2.39. The van der Waals surface area contributed by atoms with E-state index in [0.29, 0.717) is 23.8 Å². The Morgan fingerprint density at radius 2 is 2.00 bits per heavy atom. The van der Waals surface area contributed by atoms with Crippen molar-refractivity contribution in [3.8, 4) is 0 Å². The van der Waals surface area contributed by atoms with E-state index >= 15 is 0 Å². The van der Waals surface area contributed by atoms with E-state index in [1.54, 1.807) is 10.4 Å². The minimum absolute atomic E-state index is 0.439. The van der Waals surface area contributed by atoms with Crippen molar-refractivity contribution in [2.75, 3.05) is 33.2 Å². The lowest BCUT2D eigenvalue weighted by atomic mass is 10.2. The van der Waals surface area contributed by atoms with E-state index in [1.807, 2.05) is 13.1 Å². The van der Waals surface area contributed by atoms with Gasteiger partial charge in [0, 0.05) is 38.1 Å². The highest BCUT2D eigenvalue weighted by molar-refractivity contribution is 7.91. The predicted molar refractivity (Wildman–Crippen MR) is 109 cm³/mol. The van der Waals surface area contributed by atoms with E-state index in [4.69, 9.17) is 0 Å². The van der Waals surface area contributed by atoms with E-state index in [1.165, 1.54) is 11.3 Å². The van der Waals surface area contributed by atoms with Crippen molar-refractivity contribution >= 4 is 27.3 Å². The number of unbranched alkanes of at least 4 members (excludes halogenated alkanes) is 1. The molecule has 0 saturated carbocycles. The van der Waals surface area contributed by atoms with Gasteiger partial charge in [0.2, 0.25) is 0 Å². The Morgan fingerprint density at radius 3 is 2.65 bits per heavy atom. The summed E-state index contributed by atoms with van der Waals surface area (Å²) in [5.74, 6) is 0.870. The van der Waals surface area contributed by atoms with Crippen LogP contribution in [-0.2, 0) is 16.6 Å². The van der Waals surface area contributed by atoms with Gasteiger partial charge in [-0.1, -0.05) is 19.8 Å². The van der Waals surface area contributed by atoms with Crippen molar-refractivity contribution < 1.29 is 8.42 Å². The highest BCUT2D eigenvalue weighted by atomic mass is 32.2. The minimum Gasteiger partial charge on any atom is -0.357 e. The zero-order valence-electron chi connectivity index (χ0n) is 16.2. The molecule has 1 fully saturated rings. The van der Waals surface area contributed by atoms with Crippen LogP contribution in [0.2, 0.25) is 0 Å². The second-order valence-corrected chi connectivity index (χ2v) is 9.96. The first-order valence-corrected chi connectivity index (χ1v) is 11.8. The molecule has 1 aliphatic rings. The number of hydrogen-bond acceptors (Lipinski definition) is 4. The van der Waals surface area contributed by atoms with E-state index in [2.05, 4.69) is 29.1 Å². The number of hydrogen-bond donors (Lipinski definition) is 1. The first-order valence-electron chi connectivity index (χ1n) is 9.57. The maximum Gasteiger partial charge on any atom is 0.252 e. The highest BCUT2D eigenvalue weighted by Gasteiger charge is 2.27. The standard InChI is InChI=1S/C18H32N4O2S2/c1-4-6-12-21(3)18(19-5-2)20-15-16-10-11-17(25-16)26(23,24)22-13-8-7-9-14-22/h10-11H,4-9,12-15H2,1-3H3,(H,19,20). The molecule has 148 valence electrons. The molecule has 1 aromatic heterocycles. The van der Waals surface area contributed by atoms with Crippen LogP contribution >= 0.6 is 11.3 Å². The molecule has 0 bridgehead atoms. The van der Waals surface area contributed by atoms with Gasteiger partial charge in [0.25, 0.3) is 10.0 Å². The van der Waals surface area contributed by atoms with Crippen LogP contribution in [0.5, 0.6) is 0 Å². The Bertz CT molecular complexity index is 679. The molecule has 0 spiro atoms. The molecule has 0 atom stereocenters. The van der Waals surface area contributed by atoms with E-state index < -0.39 is 10.0 Å². The highest BCUT2D eigenvalue weighted by Crippen LogP contribution is 2.27. The first kappa shape index (κ1) is 21.2. The third-order valence-electron chi connectivity index (χ3n) is 4.47. The second kappa shape index (κ2) is 10.3. The third-order valence-corrected chi connectivity index (χ3v) is 7.91. The molecule has 0 aliphatic carbocycles. The van der Waals surface area contributed by atoms with Crippen LogP contribution < -0.4 is 5.32 Å². The van der Waals surface area contributed by atoms with E-state index in [0.717, 1.165) is 56.0 Å². The summed E-state index contributed by atoms with van der Waals surface area (Å²) < 4.78 is 27.6. The maximum atomic E-state index is 12.7. The largest absolute Gasteiger partial charge is 0.357 e. The van der Waals surface area contributed by atoms with Crippen molar-refractivity contribution in [3.63, 3.8) is 0 Å². The fraction of sp³-hybridized carbons (Fsp3) is 0.722. The summed E-state index contributed by atoms with van der Waals surface area (Å²) in [6, 6.07) is 3.62. The lowest BCUT2D eigenvalue weighted by molar-refractivity contribution is 0.347. The number of nitrogens with zero attached hydrogens (tertiary/aromatic N) is 3. The van der Waals surface area contributed by atoms with Crippen LogP contribution in [-0.4, -0.2) is 56.8 Å². The summed E-state index contributed by atoms with van der Waals surface area (Å²) in [5, 5.41) is 3.30. The van der Waals surface area contributed by atoms with Gasteiger partial charge in [0.15, 0.2) is 5.96 Å². The number of aliphatic imine (C=N–C) groups is 1. The van der Waals surface area contributed by atoms with E-state index in [9.17, 15) is 8.42 Å². The van der Waals surface area contributed by atoms with Gasteiger partial charge in [-0.05, 0) is 38.3 Å². The van der Waals surface area contributed by atoms with Crippen LogP contribution in [0.1, 0.15) is 50.8 Å². The molecule has 1 aliphatic heterocycles. The number of guanidine groups is 1. The third kappa shape index (κ3) is 5.69. The molecule has 0 amide bonds. The molecule has 2 rings (SSSR count). The molecule has 8 heteroatoms. The summed E-state index contributed by atoms with van der Waals surface area (Å²) in [6.07, 6.45) is 5.30. The molecule has 1 saturated heterocycles. The summed E-state index contributed by atoms with van der Waals surface area (Å²) in [7, 11) is -1.30. The fourth-order valence-electron chi connectivity index (χ4n) is 2.94. The molecule has 1 aromatic rings. The quantitative estimate of drug-likeness (QED) is 0.538. The normalized spacial score (nSPS) is 16.7. The zero-order valence-corrected chi connectivity index (χ0v) is 17.8. The molecule has 1 N–H and O–H groups in total. The second-order valence-electron chi connectivity index (χ2n) is 6.63. The van der Waals surface area contributed by atoms with Gasteiger partial charge in [-0.3, -0.25) is 0 Å². The average Bonchev–Trinajstić information content (AvgIpc) is 3.13. The maximum absolute atomic E-state index is 12.7. The predicted octanol–water partition coefficient (Wildman–Crippen LogP) is 3.12. The Kier molecular flexibility index (Phi) is 8.37. The van der Waals surface area contributed by atoms with Crippen molar-refractivity contribution in [1.29, 1.82) is 0 Å². The number of thiophene rings is 1. The molecule has 0 radical (unpaired) electrons. The van der Waals surface area contributed by atoms with Crippen molar-refractivity contribution in [2.24, 2.45) is 4.99 Å². The van der Waals surface area contributed by atoms with Crippen LogP contribution in [0.15, 0.2) is 21.3 Å². The molecule has 0 aromatic carbocycles. The zero-order chi connectivity index (χ0) is 19.0. The molecular formula is C18H32N4O2S2. The lowest BCUT2D eigenvalue weighted by Gasteiger charge is -2.25. The van der Waals surface area contributed by atoms with Gasteiger partial charge in [-0.2, -0.15) is 4.31 Å². The smallest absolute Gasteiger partial charge is 0.252 e. The Hall–Kier alpha value is -1.12. The topological polar surface area (TPSA) is 65.0 Å². The molecule has 6 nitrogen and oxygen atoms in total. The Balaban J connectivity index is 2.05. The Labute approximate surface area is 162 Å². The summed E-state index contributed by atoms with van der Waals surface area (Å²) >= 11 is 1.34. The van der Waals surface area contributed by atoms with Gasteiger partial charge in [0.05, 0.1) is 6.54 Å². The fourth-order valence-corrected chi connectivity index (χ4v) is 5.89.